The molecular formula is C16H24N4O. The standard InChI is InChI=1S/C16H24N4O/c1-2-18-7-9-19(10-8-18)13-16-17-14-5-3-4-6-15(14)20(16)11-12-21/h3-6,21H,2,7-13H2,1H3. The van der Waals surface area contributed by atoms with E-state index in [0.717, 1.165) is 56.1 Å². The van der Waals surface area contributed by atoms with E-state index in [9.17, 15) is 5.11 Å². The Bertz CT molecular complexity index is 587. The van der Waals surface area contributed by atoms with Crippen molar-refractivity contribution in [3.63, 3.8) is 0 Å². The summed E-state index contributed by atoms with van der Waals surface area (Å²) in [6.45, 7) is 9.45. The number of aromatic nitrogens is 2. The van der Waals surface area contributed by atoms with Crippen LogP contribution in [0.2, 0.25) is 0 Å². The van der Waals surface area contributed by atoms with E-state index in [1.54, 1.807) is 0 Å². The summed E-state index contributed by atoms with van der Waals surface area (Å²) < 4.78 is 2.15. The number of nitrogens with zero attached hydrogens (tertiary/aromatic N) is 4. The van der Waals surface area contributed by atoms with Crippen molar-refractivity contribution in [1.29, 1.82) is 0 Å². The molecule has 0 radical (unpaired) electrons. The van der Waals surface area contributed by atoms with Crippen LogP contribution in [0, 0.1) is 0 Å². The fraction of sp³-hybridized carbons (Fsp3) is 0.562. The number of aliphatic hydroxyl groups is 1. The lowest BCUT2D eigenvalue weighted by molar-refractivity contribution is 0.128. The zero-order chi connectivity index (χ0) is 14.7. The van der Waals surface area contributed by atoms with Gasteiger partial charge in [0.15, 0.2) is 0 Å². The van der Waals surface area contributed by atoms with Crippen molar-refractivity contribution in [3.8, 4) is 0 Å². The zero-order valence-corrected chi connectivity index (χ0v) is 12.7. The highest BCUT2D eigenvalue weighted by Crippen LogP contribution is 2.17. The predicted octanol–water partition coefficient (Wildman–Crippen LogP) is 1.17. The molecule has 114 valence electrons. The number of hydrogen-bond donors (Lipinski definition) is 1. The molecule has 2 aromatic rings. The van der Waals surface area contributed by atoms with Crippen LogP contribution in [0.1, 0.15) is 12.7 Å². The Hall–Kier alpha value is -1.43. The molecular weight excluding hydrogens is 264 g/mol. The van der Waals surface area contributed by atoms with Crippen LogP contribution < -0.4 is 0 Å². The van der Waals surface area contributed by atoms with Crippen LogP contribution >= 0.6 is 0 Å². The molecule has 0 amide bonds. The fourth-order valence-electron chi connectivity index (χ4n) is 3.06. The summed E-state index contributed by atoms with van der Waals surface area (Å²) in [5.41, 5.74) is 2.14. The fourth-order valence-corrected chi connectivity index (χ4v) is 3.06. The molecule has 0 bridgehead atoms. The van der Waals surface area contributed by atoms with Crippen molar-refractivity contribution in [1.82, 2.24) is 19.4 Å². The van der Waals surface area contributed by atoms with Gasteiger partial charge in [-0.1, -0.05) is 19.1 Å². The smallest absolute Gasteiger partial charge is 0.124 e. The van der Waals surface area contributed by atoms with Crippen LogP contribution in [0.3, 0.4) is 0 Å². The minimum Gasteiger partial charge on any atom is -0.395 e. The molecule has 1 aromatic heterocycles. The summed E-state index contributed by atoms with van der Waals surface area (Å²) in [6.07, 6.45) is 0. The van der Waals surface area contributed by atoms with E-state index in [0.29, 0.717) is 6.54 Å². The van der Waals surface area contributed by atoms with Crippen LogP contribution in [-0.4, -0.2) is 63.8 Å². The topological polar surface area (TPSA) is 44.5 Å². The highest BCUT2D eigenvalue weighted by Gasteiger charge is 2.18. The van der Waals surface area contributed by atoms with E-state index in [1.165, 1.54) is 0 Å². The first kappa shape index (κ1) is 14.5. The molecule has 1 aliphatic heterocycles. The average Bonchev–Trinajstić information content (AvgIpc) is 2.86. The largest absolute Gasteiger partial charge is 0.395 e. The van der Waals surface area contributed by atoms with Crippen molar-refractivity contribution < 1.29 is 5.11 Å². The third-order valence-electron chi connectivity index (χ3n) is 4.33. The van der Waals surface area contributed by atoms with Gasteiger partial charge >= 0.3 is 0 Å². The van der Waals surface area contributed by atoms with Gasteiger partial charge in [0.2, 0.25) is 0 Å². The van der Waals surface area contributed by atoms with Gasteiger partial charge in [-0.15, -0.1) is 0 Å². The zero-order valence-electron chi connectivity index (χ0n) is 12.7. The molecule has 0 saturated carbocycles. The Labute approximate surface area is 125 Å². The third-order valence-corrected chi connectivity index (χ3v) is 4.33. The Morgan fingerprint density at radius 1 is 1.10 bits per heavy atom. The Morgan fingerprint density at radius 3 is 2.52 bits per heavy atom. The second-order valence-corrected chi connectivity index (χ2v) is 5.60. The maximum atomic E-state index is 9.33. The Balaban J connectivity index is 1.78. The highest BCUT2D eigenvalue weighted by molar-refractivity contribution is 5.75. The summed E-state index contributed by atoms with van der Waals surface area (Å²) in [7, 11) is 0. The number of para-hydroxylation sites is 2. The maximum Gasteiger partial charge on any atom is 0.124 e. The number of imidazole rings is 1. The van der Waals surface area contributed by atoms with E-state index < -0.39 is 0 Å². The number of hydrogen-bond acceptors (Lipinski definition) is 4. The second kappa shape index (κ2) is 6.56. The third kappa shape index (κ3) is 3.10. The van der Waals surface area contributed by atoms with Crippen molar-refractivity contribution in [2.45, 2.75) is 20.0 Å². The van der Waals surface area contributed by atoms with Gasteiger partial charge in [0.25, 0.3) is 0 Å². The van der Waals surface area contributed by atoms with Gasteiger partial charge in [0.1, 0.15) is 5.82 Å². The molecule has 1 aliphatic rings. The lowest BCUT2D eigenvalue weighted by Gasteiger charge is -2.33. The molecule has 1 fully saturated rings. The molecule has 1 aromatic carbocycles. The lowest BCUT2D eigenvalue weighted by atomic mass is 10.3. The quantitative estimate of drug-likeness (QED) is 0.897. The van der Waals surface area contributed by atoms with E-state index in [4.69, 9.17) is 4.98 Å². The van der Waals surface area contributed by atoms with E-state index in [1.807, 2.05) is 18.2 Å². The minimum atomic E-state index is 0.150. The van der Waals surface area contributed by atoms with Crippen LogP contribution in [0.5, 0.6) is 0 Å². The molecule has 0 spiro atoms. The van der Waals surface area contributed by atoms with Crippen LogP contribution in [0.15, 0.2) is 24.3 Å². The number of aliphatic hydroxyl groups excluding tert-OH is 1. The summed E-state index contributed by atoms with van der Waals surface area (Å²) in [5, 5.41) is 9.33. The molecule has 3 rings (SSSR count). The van der Waals surface area contributed by atoms with Crippen LogP contribution in [-0.2, 0) is 13.1 Å². The maximum absolute atomic E-state index is 9.33. The Kier molecular flexibility index (Phi) is 4.53. The first-order valence-corrected chi connectivity index (χ1v) is 7.81. The van der Waals surface area contributed by atoms with Crippen molar-refractivity contribution in [2.24, 2.45) is 0 Å². The van der Waals surface area contributed by atoms with E-state index in [2.05, 4.69) is 27.4 Å². The summed E-state index contributed by atoms with van der Waals surface area (Å²) >= 11 is 0. The first-order chi connectivity index (χ1) is 10.3. The highest BCUT2D eigenvalue weighted by atomic mass is 16.3. The number of piperazine rings is 1. The first-order valence-electron chi connectivity index (χ1n) is 7.81. The number of likely N-dealkylation sites (N-methyl/N-ethyl adjacent to an activating group) is 1. The monoisotopic (exact) mass is 288 g/mol. The number of fused-ring (bicyclic) bond motifs is 1. The summed E-state index contributed by atoms with van der Waals surface area (Å²) in [4.78, 5) is 9.70. The molecule has 5 nitrogen and oxygen atoms in total. The van der Waals surface area contributed by atoms with Gasteiger partial charge in [-0.2, -0.15) is 0 Å². The summed E-state index contributed by atoms with van der Waals surface area (Å²) in [6, 6.07) is 8.17. The lowest BCUT2D eigenvalue weighted by Crippen LogP contribution is -2.45. The summed E-state index contributed by atoms with van der Waals surface area (Å²) in [5.74, 6) is 1.06. The molecule has 21 heavy (non-hydrogen) atoms. The van der Waals surface area contributed by atoms with Gasteiger partial charge in [-0.05, 0) is 18.7 Å². The normalized spacial score (nSPS) is 17.6. The molecule has 1 N–H and O–H groups in total. The second-order valence-electron chi connectivity index (χ2n) is 5.60. The molecule has 1 saturated heterocycles. The predicted molar refractivity (Wildman–Crippen MR) is 84.2 cm³/mol. The van der Waals surface area contributed by atoms with Gasteiger partial charge in [-0.25, -0.2) is 4.98 Å². The SMILES string of the molecule is CCN1CCN(Cc2nc3ccccc3n2CCO)CC1. The van der Waals surface area contributed by atoms with Crippen molar-refractivity contribution in [2.75, 3.05) is 39.3 Å². The molecule has 0 unspecified atom stereocenters. The minimum absolute atomic E-state index is 0.150. The van der Waals surface area contributed by atoms with Crippen LogP contribution in [0.4, 0.5) is 0 Å². The van der Waals surface area contributed by atoms with Gasteiger partial charge in [0, 0.05) is 32.7 Å². The van der Waals surface area contributed by atoms with Crippen molar-refractivity contribution in [3.05, 3.63) is 30.1 Å². The van der Waals surface area contributed by atoms with Crippen LogP contribution in [0.25, 0.3) is 11.0 Å². The number of rotatable bonds is 5. The van der Waals surface area contributed by atoms with Crippen molar-refractivity contribution >= 4 is 11.0 Å². The van der Waals surface area contributed by atoms with E-state index >= 15 is 0 Å². The van der Waals surface area contributed by atoms with E-state index in [-0.39, 0.29) is 6.61 Å². The van der Waals surface area contributed by atoms with Gasteiger partial charge in [-0.3, -0.25) is 4.90 Å². The molecule has 5 heteroatoms. The van der Waals surface area contributed by atoms with Gasteiger partial charge in [0.05, 0.1) is 24.2 Å². The molecule has 2 heterocycles. The Morgan fingerprint density at radius 2 is 1.81 bits per heavy atom. The van der Waals surface area contributed by atoms with Gasteiger partial charge < -0.3 is 14.6 Å². The number of benzene rings is 1. The molecule has 0 atom stereocenters. The average molecular weight is 288 g/mol. The molecule has 0 aliphatic carbocycles.